The summed E-state index contributed by atoms with van der Waals surface area (Å²) in [6.07, 6.45) is -0.278. The van der Waals surface area contributed by atoms with Crippen molar-refractivity contribution in [2.24, 2.45) is 0 Å². The number of aliphatic carboxylic acids is 1. The molecule has 0 aromatic heterocycles. The van der Waals surface area contributed by atoms with Crippen molar-refractivity contribution < 1.29 is 33.6 Å². The highest BCUT2D eigenvalue weighted by atomic mass is 16.5. The van der Waals surface area contributed by atoms with Crippen molar-refractivity contribution in [2.45, 2.75) is 19.1 Å². The summed E-state index contributed by atoms with van der Waals surface area (Å²) >= 11 is 0. The second-order valence-corrected chi connectivity index (χ2v) is 6.17. The zero-order chi connectivity index (χ0) is 21.2. The van der Waals surface area contributed by atoms with Crippen LogP contribution >= 0.6 is 0 Å². The standard InChI is InChI=1S/C21H25NO7/c1-26-16-7-4-14(5-8-16)12-29-13-20(23)22-17(11-21(24)25)15-6-9-18(27-2)19(10-15)28-3/h4-10,17H,11-13H2,1-3H3,(H,22,23)(H,24,25). The number of methoxy groups -OCH3 is 3. The van der Waals surface area contributed by atoms with E-state index in [4.69, 9.17) is 18.9 Å². The molecule has 0 aliphatic carbocycles. The van der Waals surface area contributed by atoms with Gasteiger partial charge in [-0.2, -0.15) is 0 Å². The number of amides is 1. The van der Waals surface area contributed by atoms with Crippen LogP contribution in [-0.4, -0.2) is 44.9 Å². The molecule has 1 unspecified atom stereocenters. The number of benzene rings is 2. The van der Waals surface area contributed by atoms with Crippen LogP contribution < -0.4 is 19.5 Å². The monoisotopic (exact) mass is 403 g/mol. The SMILES string of the molecule is COc1ccc(COCC(=O)NC(CC(=O)O)c2ccc(OC)c(OC)c2)cc1. The van der Waals surface area contributed by atoms with E-state index in [9.17, 15) is 14.7 Å². The molecular weight excluding hydrogens is 378 g/mol. The van der Waals surface area contributed by atoms with Gasteiger partial charge in [-0.1, -0.05) is 18.2 Å². The van der Waals surface area contributed by atoms with Crippen LogP contribution in [0.4, 0.5) is 0 Å². The van der Waals surface area contributed by atoms with Gasteiger partial charge in [0, 0.05) is 0 Å². The first-order valence-electron chi connectivity index (χ1n) is 8.90. The summed E-state index contributed by atoms with van der Waals surface area (Å²) < 4.78 is 21.0. The van der Waals surface area contributed by atoms with Gasteiger partial charge < -0.3 is 29.4 Å². The van der Waals surface area contributed by atoms with Gasteiger partial charge in [0.05, 0.1) is 40.4 Å². The van der Waals surface area contributed by atoms with E-state index in [-0.39, 0.29) is 19.6 Å². The number of carbonyl (C=O) groups excluding carboxylic acids is 1. The summed E-state index contributed by atoms with van der Waals surface area (Å²) in [6.45, 7) is 0.0484. The summed E-state index contributed by atoms with van der Waals surface area (Å²) in [5.74, 6) is 0.242. The lowest BCUT2D eigenvalue weighted by Crippen LogP contribution is -2.33. The number of carbonyl (C=O) groups is 2. The Kier molecular flexibility index (Phi) is 8.29. The number of carboxylic acid groups (broad SMARTS) is 1. The average molecular weight is 403 g/mol. The zero-order valence-corrected chi connectivity index (χ0v) is 16.6. The maximum atomic E-state index is 12.3. The molecule has 2 aromatic rings. The van der Waals surface area contributed by atoms with Gasteiger partial charge in [-0.25, -0.2) is 0 Å². The fourth-order valence-electron chi connectivity index (χ4n) is 2.72. The van der Waals surface area contributed by atoms with Crippen molar-refractivity contribution in [3.05, 3.63) is 53.6 Å². The van der Waals surface area contributed by atoms with Crippen molar-refractivity contribution in [2.75, 3.05) is 27.9 Å². The number of hydrogen-bond donors (Lipinski definition) is 2. The van der Waals surface area contributed by atoms with E-state index in [1.54, 1.807) is 37.4 Å². The minimum Gasteiger partial charge on any atom is -0.497 e. The van der Waals surface area contributed by atoms with Crippen molar-refractivity contribution in [3.63, 3.8) is 0 Å². The molecule has 0 aliphatic heterocycles. The van der Waals surface area contributed by atoms with E-state index in [1.807, 2.05) is 12.1 Å². The normalized spacial score (nSPS) is 11.4. The highest BCUT2D eigenvalue weighted by Gasteiger charge is 2.20. The number of hydrogen-bond acceptors (Lipinski definition) is 6. The van der Waals surface area contributed by atoms with Crippen LogP contribution in [0, 0.1) is 0 Å². The fraction of sp³-hybridized carbons (Fsp3) is 0.333. The highest BCUT2D eigenvalue weighted by molar-refractivity contribution is 5.79. The Morgan fingerprint density at radius 2 is 1.66 bits per heavy atom. The van der Waals surface area contributed by atoms with E-state index in [1.165, 1.54) is 14.2 Å². The highest BCUT2D eigenvalue weighted by Crippen LogP contribution is 2.31. The Labute approximate surface area is 169 Å². The number of rotatable bonds is 11. The summed E-state index contributed by atoms with van der Waals surface area (Å²) in [4.78, 5) is 23.5. The number of carboxylic acids is 1. The zero-order valence-electron chi connectivity index (χ0n) is 16.6. The maximum absolute atomic E-state index is 12.3. The molecule has 0 fully saturated rings. The smallest absolute Gasteiger partial charge is 0.305 e. The minimum atomic E-state index is -1.04. The topological polar surface area (TPSA) is 103 Å². The van der Waals surface area contributed by atoms with Gasteiger partial charge in [0.1, 0.15) is 12.4 Å². The first kappa shape index (κ1) is 22.0. The lowest BCUT2D eigenvalue weighted by atomic mass is 10.0. The fourth-order valence-corrected chi connectivity index (χ4v) is 2.72. The number of nitrogens with one attached hydrogen (secondary N) is 1. The van der Waals surface area contributed by atoms with E-state index in [2.05, 4.69) is 5.32 Å². The summed E-state index contributed by atoms with van der Waals surface area (Å²) in [5.41, 5.74) is 1.48. The predicted molar refractivity (Wildman–Crippen MR) is 105 cm³/mol. The van der Waals surface area contributed by atoms with Gasteiger partial charge in [-0.05, 0) is 35.4 Å². The molecule has 1 atom stereocenters. The van der Waals surface area contributed by atoms with E-state index < -0.39 is 17.9 Å². The Hall–Kier alpha value is -3.26. The van der Waals surface area contributed by atoms with Gasteiger partial charge in [0.2, 0.25) is 5.91 Å². The molecule has 2 N–H and O–H groups in total. The third kappa shape index (κ3) is 6.69. The Morgan fingerprint density at radius 1 is 0.966 bits per heavy atom. The second kappa shape index (κ2) is 10.9. The molecule has 0 saturated carbocycles. The Balaban J connectivity index is 1.98. The molecule has 29 heavy (non-hydrogen) atoms. The van der Waals surface area contributed by atoms with Crippen molar-refractivity contribution in [1.82, 2.24) is 5.32 Å². The van der Waals surface area contributed by atoms with Crippen LogP contribution in [0.15, 0.2) is 42.5 Å². The predicted octanol–water partition coefficient (Wildman–Crippen LogP) is 2.56. The molecule has 0 aliphatic rings. The average Bonchev–Trinajstić information content (AvgIpc) is 2.73. The lowest BCUT2D eigenvalue weighted by Gasteiger charge is -2.19. The summed E-state index contributed by atoms with van der Waals surface area (Å²) in [7, 11) is 4.58. The van der Waals surface area contributed by atoms with Gasteiger partial charge in [0.15, 0.2) is 11.5 Å². The van der Waals surface area contributed by atoms with Crippen LogP contribution in [0.2, 0.25) is 0 Å². The van der Waals surface area contributed by atoms with Gasteiger partial charge in [0.25, 0.3) is 0 Å². The third-order valence-electron chi connectivity index (χ3n) is 4.18. The first-order chi connectivity index (χ1) is 14.0. The van der Waals surface area contributed by atoms with Crippen LogP contribution in [0.5, 0.6) is 17.2 Å². The third-order valence-corrected chi connectivity index (χ3v) is 4.18. The molecule has 8 nitrogen and oxygen atoms in total. The molecule has 0 spiro atoms. The van der Waals surface area contributed by atoms with Crippen molar-refractivity contribution in [3.8, 4) is 17.2 Å². The first-order valence-corrected chi connectivity index (χ1v) is 8.90. The minimum absolute atomic E-state index is 0.199. The number of ether oxygens (including phenoxy) is 4. The molecule has 0 saturated heterocycles. The van der Waals surface area contributed by atoms with E-state index in [0.717, 1.165) is 11.3 Å². The molecule has 0 bridgehead atoms. The molecule has 0 heterocycles. The second-order valence-electron chi connectivity index (χ2n) is 6.17. The maximum Gasteiger partial charge on any atom is 0.305 e. The van der Waals surface area contributed by atoms with Crippen LogP contribution in [0.25, 0.3) is 0 Å². The lowest BCUT2D eigenvalue weighted by molar-refractivity contribution is -0.138. The van der Waals surface area contributed by atoms with Crippen LogP contribution in [-0.2, 0) is 20.9 Å². The van der Waals surface area contributed by atoms with E-state index in [0.29, 0.717) is 17.1 Å². The van der Waals surface area contributed by atoms with Crippen molar-refractivity contribution >= 4 is 11.9 Å². The summed E-state index contributed by atoms with van der Waals surface area (Å²) in [6, 6.07) is 11.6. The molecule has 8 heteroatoms. The molecule has 2 rings (SSSR count). The van der Waals surface area contributed by atoms with Crippen molar-refractivity contribution in [1.29, 1.82) is 0 Å². The Morgan fingerprint density at radius 3 is 2.24 bits per heavy atom. The molecule has 156 valence electrons. The quantitative estimate of drug-likeness (QED) is 0.594. The van der Waals surface area contributed by atoms with Gasteiger partial charge in [-0.3, -0.25) is 9.59 Å². The largest absolute Gasteiger partial charge is 0.497 e. The van der Waals surface area contributed by atoms with Gasteiger partial charge >= 0.3 is 5.97 Å². The molecule has 0 radical (unpaired) electrons. The molecule has 2 aromatic carbocycles. The summed E-state index contributed by atoms with van der Waals surface area (Å²) in [5, 5.41) is 11.9. The van der Waals surface area contributed by atoms with E-state index >= 15 is 0 Å². The molecular formula is C21H25NO7. The molecule has 1 amide bonds. The van der Waals surface area contributed by atoms with Crippen LogP contribution in [0.3, 0.4) is 0 Å². The van der Waals surface area contributed by atoms with Gasteiger partial charge in [-0.15, -0.1) is 0 Å². The Bertz CT molecular complexity index is 820. The van der Waals surface area contributed by atoms with Crippen LogP contribution in [0.1, 0.15) is 23.6 Å².